The first kappa shape index (κ1) is 13.3. The maximum Gasteiger partial charge on any atom is 0.333 e. The zero-order chi connectivity index (χ0) is 14.0. The fraction of sp³-hybridized carbons (Fsp3) is 0.357. The first-order chi connectivity index (χ1) is 9.02. The van der Waals surface area contributed by atoms with Crippen LogP contribution in [0, 0.1) is 5.92 Å². The quantitative estimate of drug-likeness (QED) is 0.886. The Labute approximate surface area is 111 Å². The minimum Gasteiger partial charge on any atom is -0.497 e. The number of nitrogens with one attached hydrogen (secondary N) is 1. The standard InChI is InChI=1S/C14H18N2O3/c1-9(2)8-12-13(17)16(14(18)15-12)10-4-6-11(19-3)7-5-10/h4-7,9,17H,8H2,1-3H3,(H,15,18). The molecule has 102 valence electrons. The summed E-state index contributed by atoms with van der Waals surface area (Å²) in [4.78, 5) is 14.6. The highest BCUT2D eigenvalue weighted by Crippen LogP contribution is 2.22. The fourth-order valence-electron chi connectivity index (χ4n) is 1.99. The van der Waals surface area contributed by atoms with Crippen molar-refractivity contribution < 1.29 is 9.84 Å². The molecule has 5 nitrogen and oxygen atoms in total. The number of benzene rings is 1. The highest BCUT2D eigenvalue weighted by Gasteiger charge is 2.15. The molecule has 2 aromatic rings. The van der Waals surface area contributed by atoms with Crippen molar-refractivity contribution in [1.29, 1.82) is 0 Å². The molecule has 2 N–H and O–H groups in total. The van der Waals surface area contributed by atoms with E-state index in [2.05, 4.69) is 4.98 Å². The van der Waals surface area contributed by atoms with Gasteiger partial charge in [-0.1, -0.05) is 13.8 Å². The normalized spacial score (nSPS) is 10.9. The van der Waals surface area contributed by atoms with Crippen LogP contribution in [0.3, 0.4) is 0 Å². The predicted molar refractivity (Wildman–Crippen MR) is 73.1 cm³/mol. The van der Waals surface area contributed by atoms with Crippen molar-refractivity contribution >= 4 is 0 Å². The van der Waals surface area contributed by atoms with Gasteiger partial charge >= 0.3 is 5.69 Å². The van der Waals surface area contributed by atoms with E-state index in [1.165, 1.54) is 4.57 Å². The Morgan fingerprint density at radius 3 is 2.47 bits per heavy atom. The third-order valence-electron chi connectivity index (χ3n) is 2.89. The molecule has 1 aromatic carbocycles. The smallest absolute Gasteiger partial charge is 0.333 e. The van der Waals surface area contributed by atoms with E-state index in [0.717, 1.165) is 0 Å². The predicted octanol–water partition coefficient (Wildman–Crippen LogP) is 2.08. The average molecular weight is 262 g/mol. The van der Waals surface area contributed by atoms with Crippen molar-refractivity contribution in [3.05, 3.63) is 40.4 Å². The van der Waals surface area contributed by atoms with Gasteiger partial charge in [0.25, 0.3) is 0 Å². The van der Waals surface area contributed by atoms with Gasteiger partial charge in [-0.05, 0) is 36.6 Å². The van der Waals surface area contributed by atoms with Crippen LogP contribution in [0.4, 0.5) is 0 Å². The zero-order valence-corrected chi connectivity index (χ0v) is 11.3. The Hall–Kier alpha value is -2.17. The molecular weight excluding hydrogens is 244 g/mol. The third-order valence-corrected chi connectivity index (χ3v) is 2.89. The maximum absolute atomic E-state index is 11.9. The third kappa shape index (κ3) is 2.65. The van der Waals surface area contributed by atoms with Crippen LogP contribution in [0.15, 0.2) is 29.1 Å². The monoisotopic (exact) mass is 262 g/mol. The number of aromatic hydroxyl groups is 1. The van der Waals surface area contributed by atoms with E-state index in [0.29, 0.717) is 29.5 Å². The van der Waals surface area contributed by atoms with Crippen LogP contribution in [0.1, 0.15) is 19.5 Å². The Kier molecular flexibility index (Phi) is 3.64. The van der Waals surface area contributed by atoms with Gasteiger partial charge in [0.1, 0.15) is 5.75 Å². The van der Waals surface area contributed by atoms with Crippen molar-refractivity contribution in [3.63, 3.8) is 0 Å². The van der Waals surface area contributed by atoms with Gasteiger partial charge in [-0.2, -0.15) is 0 Å². The molecule has 0 aliphatic heterocycles. The molecule has 0 radical (unpaired) electrons. The molecule has 0 aliphatic carbocycles. The van der Waals surface area contributed by atoms with Gasteiger partial charge < -0.3 is 14.8 Å². The molecule has 0 saturated heterocycles. The van der Waals surface area contributed by atoms with Crippen LogP contribution in [-0.4, -0.2) is 21.8 Å². The summed E-state index contributed by atoms with van der Waals surface area (Å²) in [5, 5.41) is 10.1. The summed E-state index contributed by atoms with van der Waals surface area (Å²) in [5.41, 5.74) is 0.837. The van der Waals surface area contributed by atoms with Gasteiger partial charge in [0.2, 0.25) is 5.88 Å². The Morgan fingerprint density at radius 2 is 1.95 bits per heavy atom. The molecule has 0 saturated carbocycles. The molecule has 19 heavy (non-hydrogen) atoms. The van der Waals surface area contributed by atoms with Gasteiger partial charge in [0.05, 0.1) is 18.5 Å². The molecule has 0 spiro atoms. The first-order valence-electron chi connectivity index (χ1n) is 6.20. The Balaban J connectivity index is 2.44. The molecule has 1 aromatic heterocycles. The number of hydrogen-bond acceptors (Lipinski definition) is 3. The summed E-state index contributed by atoms with van der Waals surface area (Å²) in [6.45, 7) is 4.06. The number of hydrogen-bond donors (Lipinski definition) is 2. The second-order valence-electron chi connectivity index (χ2n) is 4.86. The second-order valence-corrected chi connectivity index (χ2v) is 4.86. The van der Waals surface area contributed by atoms with Crippen LogP contribution in [0.2, 0.25) is 0 Å². The zero-order valence-electron chi connectivity index (χ0n) is 11.3. The highest BCUT2D eigenvalue weighted by molar-refractivity contribution is 5.41. The summed E-state index contributed by atoms with van der Waals surface area (Å²) >= 11 is 0. The van der Waals surface area contributed by atoms with E-state index in [-0.39, 0.29) is 11.6 Å². The minimum atomic E-state index is -0.335. The van der Waals surface area contributed by atoms with Crippen molar-refractivity contribution in [2.45, 2.75) is 20.3 Å². The Morgan fingerprint density at radius 1 is 1.32 bits per heavy atom. The summed E-state index contributed by atoms with van der Waals surface area (Å²) < 4.78 is 6.33. The Bertz CT molecular complexity index is 609. The van der Waals surface area contributed by atoms with E-state index in [9.17, 15) is 9.90 Å². The SMILES string of the molecule is COc1ccc(-n2c(O)c(CC(C)C)[nH]c2=O)cc1. The number of ether oxygens (including phenoxy) is 1. The van der Waals surface area contributed by atoms with Gasteiger partial charge in [-0.15, -0.1) is 0 Å². The minimum absolute atomic E-state index is 0.0242. The molecular formula is C14H18N2O3. The molecule has 0 aliphatic rings. The lowest BCUT2D eigenvalue weighted by atomic mass is 10.1. The lowest BCUT2D eigenvalue weighted by Gasteiger charge is -2.06. The topological polar surface area (TPSA) is 67.2 Å². The van der Waals surface area contributed by atoms with Gasteiger partial charge in [0.15, 0.2) is 0 Å². The summed E-state index contributed by atoms with van der Waals surface area (Å²) in [6, 6.07) is 6.95. The highest BCUT2D eigenvalue weighted by atomic mass is 16.5. The largest absolute Gasteiger partial charge is 0.497 e. The lowest BCUT2D eigenvalue weighted by Crippen LogP contribution is -2.14. The number of rotatable bonds is 4. The fourth-order valence-corrected chi connectivity index (χ4v) is 1.99. The van der Waals surface area contributed by atoms with Crippen molar-refractivity contribution in [2.24, 2.45) is 5.92 Å². The number of nitrogens with zero attached hydrogens (tertiary/aromatic N) is 1. The average Bonchev–Trinajstić information content (AvgIpc) is 2.64. The molecule has 0 atom stereocenters. The number of imidazole rings is 1. The van der Waals surface area contributed by atoms with Crippen LogP contribution in [-0.2, 0) is 6.42 Å². The lowest BCUT2D eigenvalue weighted by molar-refractivity contribution is 0.414. The number of aromatic amines is 1. The van der Waals surface area contributed by atoms with Crippen molar-refractivity contribution in [2.75, 3.05) is 7.11 Å². The van der Waals surface area contributed by atoms with Crippen LogP contribution < -0.4 is 10.4 Å². The van der Waals surface area contributed by atoms with E-state index in [4.69, 9.17) is 4.74 Å². The van der Waals surface area contributed by atoms with E-state index < -0.39 is 0 Å². The van der Waals surface area contributed by atoms with E-state index in [1.54, 1.807) is 31.4 Å². The number of methoxy groups -OCH3 is 1. The molecule has 0 bridgehead atoms. The molecule has 0 unspecified atom stereocenters. The van der Waals surface area contributed by atoms with E-state index >= 15 is 0 Å². The van der Waals surface area contributed by atoms with Gasteiger partial charge in [-0.25, -0.2) is 9.36 Å². The van der Waals surface area contributed by atoms with Crippen molar-refractivity contribution in [3.8, 4) is 17.3 Å². The summed E-state index contributed by atoms with van der Waals surface area (Å²) in [5.74, 6) is 1.03. The summed E-state index contributed by atoms with van der Waals surface area (Å²) in [7, 11) is 1.58. The van der Waals surface area contributed by atoms with Gasteiger partial charge in [0, 0.05) is 0 Å². The summed E-state index contributed by atoms with van der Waals surface area (Å²) in [6.07, 6.45) is 0.629. The first-order valence-corrected chi connectivity index (χ1v) is 6.20. The van der Waals surface area contributed by atoms with Crippen LogP contribution in [0.25, 0.3) is 5.69 Å². The molecule has 1 heterocycles. The molecule has 5 heteroatoms. The van der Waals surface area contributed by atoms with Crippen LogP contribution in [0.5, 0.6) is 11.6 Å². The maximum atomic E-state index is 11.9. The number of H-pyrrole nitrogens is 1. The van der Waals surface area contributed by atoms with Crippen LogP contribution >= 0.6 is 0 Å². The molecule has 2 rings (SSSR count). The van der Waals surface area contributed by atoms with Gasteiger partial charge in [-0.3, -0.25) is 0 Å². The molecule has 0 fully saturated rings. The van der Waals surface area contributed by atoms with Crippen molar-refractivity contribution in [1.82, 2.24) is 9.55 Å². The molecule has 0 amide bonds. The second kappa shape index (κ2) is 5.22. The number of aromatic nitrogens is 2. The van der Waals surface area contributed by atoms with E-state index in [1.807, 2.05) is 13.8 Å².